The standard InChI is InChI=1S/C17H17N/c1-3-9-14(2)16-12-7-8-13-17(16)18-15-10-5-4-6-11-15/h3-13,18H,1H2,2H3. The fourth-order valence-electron chi connectivity index (χ4n) is 1.88. The molecule has 0 radical (unpaired) electrons. The molecule has 0 amide bonds. The van der Waals surface area contributed by atoms with Crippen LogP contribution in [0, 0.1) is 0 Å². The highest BCUT2D eigenvalue weighted by Crippen LogP contribution is 2.26. The first-order valence-electron chi connectivity index (χ1n) is 6.02. The third kappa shape index (κ3) is 2.89. The number of hydrogen-bond donors (Lipinski definition) is 1. The van der Waals surface area contributed by atoms with Crippen LogP contribution in [0.1, 0.15) is 12.5 Å². The maximum atomic E-state index is 3.74. The molecule has 0 aromatic heterocycles. The molecular formula is C17H17N. The SMILES string of the molecule is C=CC=C(C)c1ccccc1Nc1ccccc1. The van der Waals surface area contributed by atoms with Gasteiger partial charge in [0.25, 0.3) is 0 Å². The second-order valence-corrected chi connectivity index (χ2v) is 4.12. The normalized spacial score (nSPS) is 11.1. The number of hydrogen-bond acceptors (Lipinski definition) is 1. The van der Waals surface area contributed by atoms with Gasteiger partial charge in [-0.15, -0.1) is 0 Å². The van der Waals surface area contributed by atoms with Crippen molar-refractivity contribution >= 4 is 16.9 Å². The summed E-state index contributed by atoms with van der Waals surface area (Å²) >= 11 is 0. The molecule has 0 aliphatic rings. The predicted octanol–water partition coefficient (Wildman–Crippen LogP) is 5.02. The van der Waals surface area contributed by atoms with Gasteiger partial charge in [-0.05, 0) is 30.7 Å². The number of nitrogens with one attached hydrogen (secondary N) is 1. The fourth-order valence-corrected chi connectivity index (χ4v) is 1.88. The molecule has 2 aromatic rings. The van der Waals surface area contributed by atoms with Crippen molar-refractivity contribution in [3.05, 3.63) is 78.9 Å². The van der Waals surface area contributed by atoms with Crippen LogP contribution >= 0.6 is 0 Å². The third-order valence-corrected chi connectivity index (χ3v) is 2.77. The molecule has 0 aliphatic heterocycles. The summed E-state index contributed by atoms with van der Waals surface area (Å²) in [7, 11) is 0. The zero-order valence-corrected chi connectivity index (χ0v) is 10.6. The Bertz CT molecular complexity index is 553. The maximum Gasteiger partial charge on any atom is 0.0460 e. The average molecular weight is 235 g/mol. The Kier molecular flexibility index (Phi) is 3.98. The molecule has 0 heterocycles. The summed E-state index contributed by atoms with van der Waals surface area (Å²) in [6.07, 6.45) is 3.83. The summed E-state index contributed by atoms with van der Waals surface area (Å²) < 4.78 is 0. The molecule has 1 heteroatoms. The Hall–Kier alpha value is -2.28. The predicted molar refractivity (Wildman–Crippen MR) is 80.0 cm³/mol. The van der Waals surface area contributed by atoms with Crippen LogP contribution in [0.25, 0.3) is 5.57 Å². The van der Waals surface area contributed by atoms with E-state index in [1.807, 2.05) is 42.5 Å². The quantitative estimate of drug-likeness (QED) is 0.734. The van der Waals surface area contributed by atoms with Crippen LogP contribution in [0.3, 0.4) is 0 Å². The van der Waals surface area contributed by atoms with Crippen molar-refractivity contribution in [3.63, 3.8) is 0 Å². The van der Waals surface area contributed by atoms with E-state index >= 15 is 0 Å². The highest BCUT2D eigenvalue weighted by Gasteiger charge is 2.02. The first kappa shape index (κ1) is 12.2. The van der Waals surface area contributed by atoms with Gasteiger partial charge in [0.05, 0.1) is 0 Å². The summed E-state index contributed by atoms with van der Waals surface area (Å²) in [4.78, 5) is 0. The lowest BCUT2D eigenvalue weighted by molar-refractivity contribution is 1.50. The van der Waals surface area contributed by atoms with Gasteiger partial charge in [0.1, 0.15) is 0 Å². The molecule has 0 bridgehead atoms. The van der Waals surface area contributed by atoms with Crippen LogP contribution in [0.15, 0.2) is 73.3 Å². The molecule has 0 aliphatic carbocycles. The van der Waals surface area contributed by atoms with E-state index in [4.69, 9.17) is 0 Å². The van der Waals surface area contributed by atoms with Gasteiger partial charge in [0.2, 0.25) is 0 Å². The van der Waals surface area contributed by atoms with E-state index in [9.17, 15) is 0 Å². The molecule has 0 atom stereocenters. The third-order valence-electron chi connectivity index (χ3n) is 2.77. The molecule has 1 nitrogen and oxygen atoms in total. The van der Waals surface area contributed by atoms with Crippen LogP contribution in [-0.4, -0.2) is 0 Å². The van der Waals surface area contributed by atoms with Crippen molar-refractivity contribution in [2.75, 3.05) is 5.32 Å². The molecule has 2 rings (SSSR count). The number of anilines is 2. The number of benzene rings is 2. The molecule has 0 unspecified atom stereocenters. The van der Waals surface area contributed by atoms with Gasteiger partial charge in [0.15, 0.2) is 0 Å². The van der Waals surface area contributed by atoms with Crippen molar-refractivity contribution in [2.24, 2.45) is 0 Å². The lowest BCUT2D eigenvalue weighted by Crippen LogP contribution is -1.94. The zero-order valence-electron chi connectivity index (χ0n) is 10.6. The lowest BCUT2D eigenvalue weighted by atomic mass is 10.0. The number of para-hydroxylation sites is 2. The molecule has 2 aromatic carbocycles. The minimum absolute atomic E-state index is 1.09. The van der Waals surface area contributed by atoms with Crippen molar-refractivity contribution < 1.29 is 0 Å². The summed E-state index contributed by atoms with van der Waals surface area (Å²) in [6, 6.07) is 18.5. The maximum absolute atomic E-state index is 3.74. The van der Waals surface area contributed by atoms with E-state index in [0.29, 0.717) is 0 Å². The molecule has 0 saturated carbocycles. The smallest absolute Gasteiger partial charge is 0.0460 e. The van der Waals surface area contributed by atoms with E-state index in [2.05, 4.69) is 43.1 Å². The minimum atomic E-state index is 1.09. The molecule has 0 spiro atoms. The average Bonchev–Trinajstić information content (AvgIpc) is 2.41. The molecule has 0 saturated heterocycles. The summed E-state index contributed by atoms with van der Waals surface area (Å²) in [6.45, 7) is 5.83. The number of rotatable bonds is 4. The zero-order chi connectivity index (χ0) is 12.8. The topological polar surface area (TPSA) is 12.0 Å². The Balaban J connectivity index is 2.34. The fraction of sp³-hybridized carbons (Fsp3) is 0.0588. The Morgan fingerprint density at radius 2 is 1.67 bits per heavy atom. The summed E-state index contributed by atoms with van der Waals surface area (Å²) in [5.41, 5.74) is 4.60. The summed E-state index contributed by atoms with van der Waals surface area (Å²) in [5, 5.41) is 3.44. The van der Waals surface area contributed by atoms with Crippen molar-refractivity contribution in [1.82, 2.24) is 0 Å². The van der Waals surface area contributed by atoms with Gasteiger partial charge in [-0.1, -0.05) is 55.1 Å². The molecule has 18 heavy (non-hydrogen) atoms. The highest BCUT2D eigenvalue weighted by atomic mass is 14.9. The van der Waals surface area contributed by atoms with E-state index in [1.165, 1.54) is 11.1 Å². The minimum Gasteiger partial charge on any atom is -0.355 e. The van der Waals surface area contributed by atoms with Crippen molar-refractivity contribution in [2.45, 2.75) is 6.92 Å². The van der Waals surface area contributed by atoms with Crippen LogP contribution < -0.4 is 5.32 Å². The van der Waals surface area contributed by atoms with E-state index in [-0.39, 0.29) is 0 Å². The van der Waals surface area contributed by atoms with Crippen LogP contribution in [0.5, 0.6) is 0 Å². The highest BCUT2D eigenvalue weighted by molar-refractivity contribution is 5.78. The largest absolute Gasteiger partial charge is 0.355 e. The molecule has 90 valence electrons. The number of allylic oxidation sites excluding steroid dienone is 3. The van der Waals surface area contributed by atoms with Gasteiger partial charge in [-0.2, -0.15) is 0 Å². The van der Waals surface area contributed by atoms with Crippen molar-refractivity contribution in [1.29, 1.82) is 0 Å². The molecule has 0 fully saturated rings. The lowest BCUT2D eigenvalue weighted by Gasteiger charge is -2.12. The van der Waals surface area contributed by atoms with Gasteiger partial charge >= 0.3 is 0 Å². The Morgan fingerprint density at radius 3 is 2.39 bits per heavy atom. The first-order valence-corrected chi connectivity index (χ1v) is 6.02. The van der Waals surface area contributed by atoms with E-state index < -0.39 is 0 Å². The van der Waals surface area contributed by atoms with Gasteiger partial charge in [-0.3, -0.25) is 0 Å². The van der Waals surface area contributed by atoms with Gasteiger partial charge in [0, 0.05) is 16.9 Å². The van der Waals surface area contributed by atoms with Gasteiger partial charge in [-0.25, -0.2) is 0 Å². The Morgan fingerprint density at radius 1 is 1.00 bits per heavy atom. The molecular weight excluding hydrogens is 218 g/mol. The van der Waals surface area contributed by atoms with E-state index in [1.54, 1.807) is 0 Å². The second kappa shape index (κ2) is 5.87. The molecule has 1 N–H and O–H groups in total. The monoisotopic (exact) mass is 235 g/mol. The van der Waals surface area contributed by atoms with E-state index in [0.717, 1.165) is 11.4 Å². The first-order chi connectivity index (χ1) is 8.81. The van der Waals surface area contributed by atoms with Crippen LogP contribution in [-0.2, 0) is 0 Å². The van der Waals surface area contributed by atoms with Crippen LogP contribution in [0.2, 0.25) is 0 Å². The van der Waals surface area contributed by atoms with Crippen molar-refractivity contribution in [3.8, 4) is 0 Å². The Labute approximate surface area is 108 Å². The van der Waals surface area contributed by atoms with Crippen LogP contribution in [0.4, 0.5) is 11.4 Å². The second-order valence-electron chi connectivity index (χ2n) is 4.12. The summed E-state index contributed by atoms with van der Waals surface area (Å²) in [5.74, 6) is 0. The van der Waals surface area contributed by atoms with Gasteiger partial charge < -0.3 is 5.32 Å².